The monoisotopic (exact) mass is 276 g/mol. The number of rotatable bonds is 2. The highest BCUT2D eigenvalue weighted by Crippen LogP contribution is 2.48. The zero-order chi connectivity index (χ0) is 14.3. The molecule has 0 bridgehead atoms. The molecule has 0 spiro atoms. The van der Waals surface area contributed by atoms with Gasteiger partial charge in [-0.2, -0.15) is 0 Å². The van der Waals surface area contributed by atoms with E-state index in [4.69, 9.17) is 9.47 Å². The third kappa shape index (κ3) is 2.08. The van der Waals surface area contributed by atoms with Gasteiger partial charge in [0.2, 0.25) is 0 Å². The van der Waals surface area contributed by atoms with Gasteiger partial charge in [0.15, 0.2) is 11.5 Å². The molecule has 0 aromatic heterocycles. The van der Waals surface area contributed by atoms with E-state index in [1.54, 1.807) is 13.2 Å². The topological polar surface area (TPSA) is 55.8 Å². The van der Waals surface area contributed by atoms with Gasteiger partial charge < -0.3 is 14.6 Å². The van der Waals surface area contributed by atoms with Crippen LogP contribution in [0.4, 0.5) is 0 Å². The predicted molar refractivity (Wildman–Crippen MR) is 74.5 cm³/mol. The van der Waals surface area contributed by atoms with Crippen molar-refractivity contribution in [2.45, 2.75) is 44.3 Å². The highest BCUT2D eigenvalue weighted by atomic mass is 16.5. The zero-order valence-electron chi connectivity index (χ0n) is 11.9. The fourth-order valence-corrected chi connectivity index (χ4v) is 3.46. The number of carbonyl (C=O) groups excluding carboxylic acids is 1. The molecular formula is C16H20O4. The Kier molecular flexibility index (Phi) is 3.21. The summed E-state index contributed by atoms with van der Waals surface area (Å²) in [4.78, 5) is 11.0. The largest absolute Gasteiger partial charge is 0.493 e. The van der Waals surface area contributed by atoms with Gasteiger partial charge in [0, 0.05) is 11.5 Å². The number of fused-ring (bicyclic) bond motifs is 2. The molecule has 4 nitrogen and oxygen atoms in total. The van der Waals surface area contributed by atoms with E-state index in [0.29, 0.717) is 11.3 Å². The van der Waals surface area contributed by atoms with Crippen LogP contribution in [0.3, 0.4) is 0 Å². The van der Waals surface area contributed by atoms with E-state index >= 15 is 0 Å². The molecule has 108 valence electrons. The van der Waals surface area contributed by atoms with Crippen LogP contribution in [0.5, 0.6) is 11.5 Å². The van der Waals surface area contributed by atoms with Gasteiger partial charge in [-0.15, -0.1) is 0 Å². The van der Waals surface area contributed by atoms with Crippen LogP contribution in [0, 0.1) is 5.92 Å². The van der Waals surface area contributed by atoms with Gasteiger partial charge in [0.25, 0.3) is 0 Å². The van der Waals surface area contributed by atoms with Crippen LogP contribution < -0.4 is 9.47 Å². The second-order valence-electron chi connectivity index (χ2n) is 6.07. The Bertz CT molecular complexity index is 540. The van der Waals surface area contributed by atoms with Crippen LogP contribution in [0.2, 0.25) is 0 Å². The second kappa shape index (κ2) is 4.77. The molecule has 2 aliphatic rings. The second-order valence-corrected chi connectivity index (χ2v) is 6.07. The van der Waals surface area contributed by atoms with Gasteiger partial charge in [-0.1, -0.05) is 0 Å². The normalized spacial score (nSPS) is 31.8. The Morgan fingerprint density at radius 1 is 1.50 bits per heavy atom. The first-order valence-corrected chi connectivity index (χ1v) is 7.09. The molecule has 1 heterocycles. The summed E-state index contributed by atoms with van der Waals surface area (Å²) >= 11 is 0. The van der Waals surface area contributed by atoms with Crippen LogP contribution >= 0.6 is 0 Å². The number of hydrogen-bond donors (Lipinski definition) is 1. The highest BCUT2D eigenvalue weighted by molar-refractivity contribution is 5.77. The summed E-state index contributed by atoms with van der Waals surface area (Å²) in [6.07, 6.45) is 3.78. The molecule has 3 rings (SSSR count). The quantitative estimate of drug-likeness (QED) is 0.843. The number of aliphatic hydroxyl groups is 1. The van der Waals surface area contributed by atoms with Gasteiger partial charge in [0.05, 0.1) is 13.2 Å². The molecule has 20 heavy (non-hydrogen) atoms. The number of ether oxygens (including phenoxy) is 2. The number of hydrogen-bond acceptors (Lipinski definition) is 4. The summed E-state index contributed by atoms with van der Waals surface area (Å²) in [5.74, 6) is 1.66. The van der Waals surface area contributed by atoms with Crippen molar-refractivity contribution in [2.24, 2.45) is 5.92 Å². The third-order valence-corrected chi connectivity index (χ3v) is 4.71. The molecule has 1 fully saturated rings. The van der Waals surface area contributed by atoms with E-state index in [1.807, 2.05) is 6.07 Å². The minimum absolute atomic E-state index is 0.241. The smallest absolute Gasteiger partial charge is 0.165 e. The number of methoxy groups -OCH3 is 1. The molecular weight excluding hydrogens is 256 g/mol. The zero-order valence-corrected chi connectivity index (χ0v) is 11.9. The average Bonchev–Trinajstić information content (AvgIpc) is 2.44. The van der Waals surface area contributed by atoms with Crippen molar-refractivity contribution in [3.63, 3.8) is 0 Å². The van der Waals surface area contributed by atoms with Gasteiger partial charge in [0.1, 0.15) is 11.9 Å². The van der Waals surface area contributed by atoms with Crippen molar-refractivity contribution >= 4 is 6.29 Å². The molecule has 3 atom stereocenters. The van der Waals surface area contributed by atoms with E-state index in [1.165, 1.54) is 0 Å². The first kappa shape index (κ1) is 13.4. The van der Waals surface area contributed by atoms with Crippen molar-refractivity contribution in [1.82, 2.24) is 0 Å². The highest BCUT2D eigenvalue weighted by Gasteiger charge is 2.45. The summed E-state index contributed by atoms with van der Waals surface area (Å²) in [5, 5.41) is 9.88. The molecule has 0 amide bonds. The van der Waals surface area contributed by atoms with Crippen LogP contribution in [0.15, 0.2) is 12.1 Å². The summed E-state index contributed by atoms with van der Waals surface area (Å²) < 4.78 is 11.6. The number of aldehydes is 1. The Balaban J connectivity index is 2.03. The van der Waals surface area contributed by atoms with Crippen LogP contribution in [0.25, 0.3) is 0 Å². The molecule has 4 heteroatoms. The van der Waals surface area contributed by atoms with Crippen molar-refractivity contribution in [2.75, 3.05) is 7.11 Å². The van der Waals surface area contributed by atoms with Gasteiger partial charge in [-0.3, -0.25) is 4.79 Å². The fraction of sp³-hybridized carbons (Fsp3) is 0.562. The predicted octanol–water partition coefficient (Wildman–Crippen LogP) is 2.36. The van der Waals surface area contributed by atoms with E-state index in [0.717, 1.165) is 43.3 Å². The molecule has 1 N–H and O–H groups in total. The first-order chi connectivity index (χ1) is 9.55. The minimum atomic E-state index is -0.248. The van der Waals surface area contributed by atoms with Crippen LogP contribution in [-0.4, -0.2) is 30.2 Å². The summed E-state index contributed by atoms with van der Waals surface area (Å²) in [7, 11) is 1.59. The standard InChI is InChI=1S/C16H20O4/c1-16-4-3-13(18)8-12(16)7-11-5-10(9-17)6-14(19-2)15(11)20-16/h5-6,9,12-13,18H,3-4,7-8H2,1-2H3/t12-,13-,16-/m1/s1. The number of carbonyl (C=O) groups is 1. The van der Waals surface area contributed by atoms with Gasteiger partial charge >= 0.3 is 0 Å². The molecule has 0 radical (unpaired) electrons. The van der Waals surface area contributed by atoms with Crippen molar-refractivity contribution < 1.29 is 19.4 Å². The lowest BCUT2D eigenvalue weighted by atomic mass is 9.71. The Morgan fingerprint density at radius 3 is 3.00 bits per heavy atom. The van der Waals surface area contributed by atoms with Crippen LogP contribution in [0.1, 0.15) is 42.1 Å². The maximum absolute atomic E-state index is 11.0. The first-order valence-electron chi connectivity index (χ1n) is 7.09. The molecule has 1 aliphatic carbocycles. The summed E-state index contributed by atoms with van der Waals surface area (Å²) in [6, 6.07) is 3.58. The van der Waals surface area contributed by atoms with Crippen molar-refractivity contribution in [1.29, 1.82) is 0 Å². The number of benzene rings is 1. The van der Waals surface area contributed by atoms with Gasteiger partial charge in [-0.05, 0) is 50.3 Å². The summed E-state index contributed by atoms with van der Waals surface area (Å²) in [5.41, 5.74) is 1.36. The van der Waals surface area contributed by atoms with E-state index in [9.17, 15) is 9.90 Å². The lowest BCUT2D eigenvalue weighted by molar-refractivity contribution is -0.0603. The maximum Gasteiger partial charge on any atom is 0.165 e. The molecule has 1 aliphatic heterocycles. The Morgan fingerprint density at radius 2 is 2.30 bits per heavy atom. The third-order valence-electron chi connectivity index (χ3n) is 4.71. The Labute approximate surface area is 118 Å². The van der Waals surface area contributed by atoms with Crippen molar-refractivity contribution in [3.8, 4) is 11.5 Å². The van der Waals surface area contributed by atoms with Crippen molar-refractivity contribution in [3.05, 3.63) is 23.3 Å². The lowest BCUT2D eigenvalue weighted by Crippen LogP contribution is -2.49. The minimum Gasteiger partial charge on any atom is -0.493 e. The number of aliphatic hydroxyl groups excluding tert-OH is 1. The molecule has 1 aromatic rings. The van der Waals surface area contributed by atoms with E-state index in [2.05, 4.69) is 6.92 Å². The Hall–Kier alpha value is -1.55. The molecule has 0 unspecified atom stereocenters. The van der Waals surface area contributed by atoms with Crippen LogP contribution in [-0.2, 0) is 6.42 Å². The van der Waals surface area contributed by atoms with E-state index < -0.39 is 0 Å². The lowest BCUT2D eigenvalue weighted by Gasteiger charge is -2.47. The molecule has 1 aromatic carbocycles. The SMILES string of the molecule is COc1cc(C=O)cc2c1O[C@]1(C)CC[C@@H](O)C[C@H]1C2. The molecule has 0 saturated heterocycles. The van der Waals surface area contributed by atoms with E-state index in [-0.39, 0.29) is 17.6 Å². The average molecular weight is 276 g/mol. The summed E-state index contributed by atoms with van der Waals surface area (Å²) in [6.45, 7) is 2.11. The fourth-order valence-electron chi connectivity index (χ4n) is 3.46. The maximum atomic E-state index is 11.0. The molecule has 1 saturated carbocycles. The van der Waals surface area contributed by atoms with Gasteiger partial charge in [-0.25, -0.2) is 0 Å².